The highest BCUT2D eigenvalue weighted by atomic mass is 16.5. The minimum atomic E-state index is 0.170. The number of aromatic nitrogens is 4. The second-order valence-corrected chi connectivity index (χ2v) is 7.09. The third-order valence-corrected chi connectivity index (χ3v) is 4.56. The van der Waals surface area contributed by atoms with E-state index in [1.54, 1.807) is 7.11 Å². The van der Waals surface area contributed by atoms with Crippen molar-refractivity contribution < 1.29 is 4.74 Å². The monoisotopic (exact) mass is 315 g/mol. The Morgan fingerprint density at radius 3 is 2.78 bits per heavy atom. The number of hydrogen-bond acceptors (Lipinski definition) is 5. The van der Waals surface area contributed by atoms with Gasteiger partial charge in [-0.3, -0.25) is 4.68 Å². The number of ether oxygens (including phenoxy) is 1. The van der Waals surface area contributed by atoms with Crippen LogP contribution in [0.2, 0.25) is 0 Å². The van der Waals surface area contributed by atoms with Gasteiger partial charge in [0.15, 0.2) is 5.82 Å². The van der Waals surface area contributed by atoms with Gasteiger partial charge >= 0.3 is 0 Å². The van der Waals surface area contributed by atoms with Crippen LogP contribution < -0.4 is 4.90 Å². The van der Waals surface area contributed by atoms with Crippen LogP contribution in [0.3, 0.4) is 0 Å². The summed E-state index contributed by atoms with van der Waals surface area (Å²) in [5.41, 5.74) is 2.44. The van der Waals surface area contributed by atoms with Crippen LogP contribution in [0.4, 0.5) is 5.82 Å². The molecule has 0 N–H and O–H groups in total. The van der Waals surface area contributed by atoms with Crippen molar-refractivity contribution >= 4 is 5.82 Å². The average Bonchev–Trinajstić information content (AvgIpc) is 3.01. The third kappa shape index (κ3) is 3.22. The standard InChI is InChI=1S/C17H25N5O/c1-12-6-16(20-15(19-12)10-23-5)22-9-14(17(2,3)11-22)13-7-18-21(4)8-13/h6-8,14H,9-11H2,1-5H3. The second kappa shape index (κ2) is 5.92. The minimum absolute atomic E-state index is 0.170. The first kappa shape index (κ1) is 15.9. The molecule has 0 bridgehead atoms. The summed E-state index contributed by atoms with van der Waals surface area (Å²) in [4.78, 5) is 11.5. The number of methoxy groups -OCH3 is 1. The van der Waals surface area contributed by atoms with Crippen molar-refractivity contribution in [3.05, 3.63) is 35.5 Å². The maximum Gasteiger partial charge on any atom is 0.156 e. The van der Waals surface area contributed by atoms with E-state index < -0.39 is 0 Å². The summed E-state index contributed by atoms with van der Waals surface area (Å²) in [7, 11) is 3.64. The number of rotatable bonds is 4. The molecule has 2 aromatic rings. The fourth-order valence-electron chi connectivity index (χ4n) is 3.45. The highest BCUT2D eigenvalue weighted by molar-refractivity contribution is 5.44. The van der Waals surface area contributed by atoms with Gasteiger partial charge in [-0.1, -0.05) is 13.8 Å². The number of aryl methyl sites for hydroxylation is 2. The molecule has 3 heterocycles. The van der Waals surface area contributed by atoms with Crippen molar-refractivity contribution in [3.8, 4) is 0 Å². The summed E-state index contributed by atoms with van der Waals surface area (Å²) in [5, 5.41) is 4.33. The maximum absolute atomic E-state index is 5.18. The van der Waals surface area contributed by atoms with Crippen molar-refractivity contribution in [2.24, 2.45) is 12.5 Å². The third-order valence-electron chi connectivity index (χ3n) is 4.56. The first-order valence-electron chi connectivity index (χ1n) is 7.96. The van der Waals surface area contributed by atoms with Crippen molar-refractivity contribution in [3.63, 3.8) is 0 Å². The predicted octanol–water partition coefficient (Wildman–Crippen LogP) is 2.29. The molecule has 1 aliphatic rings. The summed E-state index contributed by atoms with van der Waals surface area (Å²) < 4.78 is 7.05. The molecule has 0 radical (unpaired) electrons. The Morgan fingerprint density at radius 1 is 1.35 bits per heavy atom. The maximum atomic E-state index is 5.18. The van der Waals surface area contributed by atoms with Crippen LogP contribution >= 0.6 is 0 Å². The number of anilines is 1. The smallest absolute Gasteiger partial charge is 0.156 e. The molecule has 6 heteroatoms. The first-order chi connectivity index (χ1) is 10.9. The summed E-state index contributed by atoms with van der Waals surface area (Å²) in [6.45, 7) is 8.99. The van der Waals surface area contributed by atoms with Crippen molar-refractivity contribution in [1.82, 2.24) is 19.7 Å². The average molecular weight is 315 g/mol. The van der Waals surface area contributed by atoms with E-state index in [1.165, 1.54) is 5.56 Å². The lowest BCUT2D eigenvalue weighted by molar-refractivity contribution is 0.177. The van der Waals surface area contributed by atoms with E-state index in [9.17, 15) is 0 Å². The Bertz CT molecular complexity index is 694. The lowest BCUT2D eigenvalue weighted by Crippen LogP contribution is -2.24. The summed E-state index contributed by atoms with van der Waals surface area (Å²) in [6, 6.07) is 2.06. The van der Waals surface area contributed by atoms with Crippen LogP contribution in [0.15, 0.2) is 18.5 Å². The molecule has 0 saturated carbocycles. The summed E-state index contributed by atoms with van der Waals surface area (Å²) >= 11 is 0. The Hall–Kier alpha value is -1.95. The number of hydrogen-bond donors (Lipinski definition) is 0. The fraction of sp³-hybridized carbons (Fsp3) is 0.588. The zero-order chi connectivity index (χ0) is 16.6. The van der Waals surface area contributed by atoms with Gasteiger partial charge in [0, 0.05) is 51.1 Å². The molecular weight excluding hydrogens is 290 g/mol. The number of nitrogens with zero attached hydrogens (tertiary/aromatic N) is 5. The Balaban J connectivity index is 1.88. The van der Waals surface area contributed by atoms with Crippen LogP contribution in [0.1, 0.15) is 36.8 Å². The quantitative estimate of drug-likeness (QED) is 0.866. The van der Waals surface area contributed by atoms with E-state index in [4.69, 9.17) is 4.74 Å². The molecule has 1 atom stereocenters. The van der Waals surface area contributed by atoms with Crippen molar-refractivity contribution in [1.29, 1.82) is 0 Å². The van der Waals surface area contributed by atoms with E-state index >= 15 is 0 Å². The van der Waals surface area contributed by atoms with Gasteiger partial charge in [0.1, 0.15) is 12.4 Å². The largest absolute Gasteiger partial charge is 0.377 e. The van der Waals surface area contributed by atoms with Crippen LogP contribution in [0.5, 0.6) is 0 Å². The first-order valence-corrected chi connectivity index (χ1v) is 7.96. The predicted molar refractivity (Wildman–Crippen MR) is 89.4 cm³/mol. The topological polar surface area (TPSA) is 56.1 Å². The Morgan fingerprint density at radius 2 is 2.13 bits per heavy atom. The van der Waals surface area contributed by atoms with E-state index in [0.29, 0.717) is 12.5 Å². The molecule has 3 rings (SSSR count). The van der Waals surface area contributed by atoms with Gasteiger partial charge in [-0.15, -0.1) is 0 Å². The molecule has 0 spiro atoms. The Kier molecular flexibility index (Phi) is 4.10. The van der Waals surface area contributed by atoms with Crippen molar-refractivity contribution in [2.45, 2.75) is 33.3 Å². The van der Waals surface area contributed by atoms with Gasteiger partial charge in [-0.25, -0.2) is 9.97 Å². The van der Waals surface area contributed by atoms with E-state index in [0.717, 1.165) is 30.4 Å². The zero-order valence-electron chi connectivity index (χ0n) is 14.6. The molecule has 124 valence electrons. The minimum Gasteiger partial charge on any atom is -0.377 e. The molecule has 1 aliphatic heterocycles. The molecule has 6 nitrogen and oxygen atoms in total. The van der Waals surface area contributed by atoms with E-state index in [-0.39, 0.29) is 5.41 Å². The molecule has 2 aromatic heterocycles. The van der Waals surface area contributed by atoms with E-state index in [2.05, 4.69) is 46.1 Å². The highest BCUT2D eigenvalue weighted by Gasteiger charge is 2.41. The Labute approximate surface area is 137 Å². The molecule has 1 fully saturated rings. The molecule has 23 heavy (non-hydrogen) atoms. The second-order valence-electron chi connectivity index (χ2n) is 7.09. The van der Waals surface area contributed by atoms with Gasteiger partial charge in [0.25, 0.3) is 0 Å². The SMILES string of the molecule is COCc1nc(C)cc(N2CC(c3cnn(C)c3)C(C)(C)C2)n1. The van der Waals surface area contributed by atoms with Gasteiger partial charge < -0.3 is 9.64 Å². The summed E-state index contributed by atoms with van der Waals surface area (Å²) in [5.74, 6) is 2.17. The lowest BCUT2D eigenvalue weighted by atomic mass is 9.79. The van der Waals surface area contributed by atoms with Gasteiger partial charge in [-0.05, 0) is 17.9 Å². The highest BCUT2D eigenvalue weighted by Crippen LogP contribution is 2.43. The van der Waals surface area contributed by atoms with Crippen LogP contribution in [-0.4, -0.2) is 39.9 Å². The normalized spacial score (nSPS) is 20.2. The molecular formula is C17H25N5O. The summed E-state index contributed by atoms with van der Waals surface area (Å²) in [6.07, 6.45) is 4.11. The van der Waals surface area contributed by atoms with Crippen LogP contribution in [0.25, 0.3) is 0 Å². The zero-order valence-corrected chi connectivity index (χ0v) is 14.6. The molecule has 1 unspecified atom stereocenters. The van der Waals surface area contributed by atoms with Crippen LogP contribution in [0, 0.1) is 12.3 Å². The lowest BCUT2D eigenvalue weighted by Gasteiger charge is -2.24. The molecule has 0 amide bonds. The molecule has 0 aliphatic carbocycles. The van der Waals surface area contributed by atoms with Gasteiger partial charge in [0.2, 0.25) is 0 Å². The van der Waals surface area contributed by atoms with Gasteiger partial charge in [-0.2, -0.15) is 5.10 Å². The fourth-order valence-corrected chi connectivity index (χ4v) is 3.45. The molecule has 1 saturated heterocycles. The van der Waals surface area contributed by atoms with Crippen molar-refractivity contribution in [2.75, 3.05) is 25.1 Å². The van der Waals surface area contributed by atoms with Crippen LogP contribution in [-0.2, 0) is 18.4 Å². The van der Waals surface area contributed by atoms with Gasteiger partial charge in [0.05, 0.1) is 6.20 Å². The van der Waals surface area contributed by atoms with E-state index in [1.807, 2.05) is 24.9 Å². The molecule has 0 aromatic carbocycles.